The van der Waals surface area contributed by atoms with E-state index in [0.29, 0.717) is 4.99 Å². The molecule has 0 aliphatic rings. The number of nitrogens with two attached hydrogens (primary N) is 1. The molecule has 20 heavy (non-hydrogen) atoms. The Balaban J connectivity index is 2.46. The highest BCUT2D eigenvalue weighted by Crippen LogP contribution is 2.31. The van der Waals surface area contributed by atoms with Crippen LogP contribution in [0.5, 0.6) is 0 Å². The van der Waals surface area contributed by atoms with Gasteiger partial charge in [-0.3, -0.25) is 0 Å². The summed E-state index contributed by atoms with van der Waals surface area (Å²) in [6.45, 7) is 5.15. The lowest BCUT2D eigenvalue weighted by Gasteiger charge is -2.25. The van der Waals surface area contributed by atoms with Crippen molar-refractivity contribution in [2.45, 2.75) is 13.8 Å². The quantitative estimate of drug-likeness (QED) is 0.821. The first-order chi connectivity index (χ1) is 9.54. The lowest BCUT2D eigenvalue weighted by molar-refractivity contribution is 1.01. The minimum absolute atomic E-state index is 0.405. The SMILES string of the molecule is CCN(c1ccc(C(N)=S)c(Br)c1)c1ccccc1C. The largest absolute Gasteiger partial charge is 0.389 e. The van der Waals surface area contributed by atoms with E-state index in [-0.39, 0.29) is 0 Å². The van der Waals surface area contributed by atoms with Crippen LogP contribution in [0.3, 0.4) is 0 Å². The Morgan fingerprint density at radius 1 is 1.25 bits per heavy atom. The summed E-state index contributed by atoms with van der Waals surface area (Å²) in [5, 5.41) is 0. The van der Waals surface area contributed by atoms with Gasteiger partial charge in [-0.2, -0.15) is 0 Å². The highest BCUT2D eigenvalue weighted by Gasteiger charge is 2.11. The van der Waals surface area contributed by atoms with Crippen molar-refractivity contribution in [2.75, 3.05) is 11.4 Å². The number of nitrogens with zero attached hydrogens (tertiary/aromatic N) is 1. The molecule has 2 aromatic rings. The van der Waals surface area contributed by atoms with Gasteiger partial charge in [-0.1, -0.05) is 30.4 Å². The molecule has 0 fully saturated rings. The van der Waals surface area contributed by atoms with Gasteiger partial charge in [-0.15, -0.1) is 0 Å². The number of hydrogen-bond acceptors (Lipinski definition) is 2. The molecule has 4 heteroatoms. The van der Waals surface area contributed by atoms with Crippen molar-refractivity contribution in [3.8, 4) is 0 Å². The Hall–Kier alpha value is -1.39. The van der Waals surface area contributed by atoms with Crippen molar-refractivity contribution in [2.24, 2.45) is 5.73 Å². The second kappa shape index (κ2) is 6.37. The number of halogens is 1. The average molecular weight is 349 g/mol. The number of hydrogen-bond donors (Lipinski definition) is 1. The third-order valence-corrected chi connectivity index (χ3v) is 4.13. The number of rotatable bonds is 4. The van der Waals surface area contributed by atoms with Crippen LogP contribution >= 0.6 is 28.1 Å². The molecule has 0 heterocycles. The molecule has 104 valence electrons. The molecule has 0 aromatic heterocycles. The van der Waals surface area contributed by atoms with Crippen LogP contribution in [0.2, 0.25) is 0 Å². The third kappa shape index (κ3) is 3.02. The average Bonchev–Trinajstić information content (AvgIpc) is 2.41. The molecule has 2 N–H and O–H groups in total. The summed E-state index contributed by atoms with van der Waals surface area (Å²) in [7, 11) is 0. The Kier molecular flexibility index (Phi) is 4.78. The molecule has 0 atom stereocenters. The number of para-hydroxylation sites is 1. The van der Waals surface area contributed by atoms with Crippen LogP contribution in [-0.4, -0.2) is 11.5 Å². The maximum atomic E-state index is 5.70. The molecular weight excluding hydrogens is 332 g/mol. The first kappa shape index (κ1) is 15.0. The molecule has 2 aromatic carbocycles. The normalized spacial score (nSPS) is 10.3. The number of anilines is 2. The minimum atomic E-state index is 0.405. The first-order valence-corrected chi connectivity index (χ1v) is 7.67. The van der Waals surface area contributed by atoms with Gasteiger partial charge >= 0.3 is 0 Å². The third-order valence-electron chi connectivity index (χ3n) is 3.25. The van der Waals surface area contributed by atoms with Crippen molar-refractivity contribution >= 4 is 44.5 Å². The van der Waals surface area contributed by atoms with Crippen LogP contribution in [0.4, 0.5) is 11.4 Å². The van der Waals surface area contributed by atoms with Crippen molar-refractivity contribution in [1.82, 2.24) is 0 Å². The molecule has 0 radical (unpaired) electrons. The monoisotopic (exact) mass is 348 g/mol. The summed E-state index contributed by atoms with van der Waals surface area (Å²) in [4.78, 5) is 2.67. The predicted octanol–water partition coefficient (Wildman–Crippen LogP) is 4.55. The zero-order valence-corrected chi connectivity index (χ0v) is 14.0. The predicted molar refractivity (Wildman–Crippen MR) is 93.9 cm³/mol. The van der Waals surface area contributed by atoms with Gasteiger partial charge in [0.25, 0.3) is 0 Å². The van der Waals surface area contributed by atoms with E-state index in [1.54, 1.807) is 0 Å². The number of aryl methyl sites for hydroxylation is 1. The summed E-state index contributed by atoms with van der Waals surface area (Å²) in [6.07, 6.45) is 0. The summed E-state index contributed by atoms with van der Waals surface area (Å²) < 4.78 is 0.925. The van der Waals surface area contributed by atoms with E-state index in [9.17, 15) is 0 Å². The molecule has 0 bridgehead atoms. The van der Waals surface area contributed by atoms with Gasteiger partial charge in [0.05, 0.1) is 0 Å². The van der Waals surface area contributed by atoms with Crippen LogP contribution in [0, 0.1) is 6.92 Å². The van der Waals surface area contributed by atoms with E-state index >= 15 is 0 Å². The molecule has 0 aliphatic heterocycles. The van der Waals surface area contributed by atoms with Crippen LogP contribution in [0.25, 0.3) is 0 Å². The van der Waals surface area contributed by atoms with E-state index in [1.165, 1.54) is 11.3 Å². The fourth-order valence-corrected chi connectivity index (χ4v) is 3.12. The number of thiocarbonyl (C=S) groups is 1. The Morgan fingerprint density at radius 3 is 2.50 bits per heavy atom. The molecule has 0 unspecified atom stereocenters. The van der Waals surface area contributed by atoms with E-state index in [4.69, 9.17) is 18.0 Å². The first-order valence-electron chi connectivity index (χ1n) is 6.47. The van der Waals surface area contributed by atoms with Crippen LogP contribution in [-0.2, 0) is 0 Å². The molecule has 0 spiro atoms. The smallest absolute Gasteiger partial charge is 0.105 e. The van der Waals surface area contributed by atoms with Gasteiger partial charge < -0.3 is 10.6 Å². The zero-order valence-electron chi connectivity index (χ0n) is 11.6. The summed E-state index contributed by atoms with van der Waals surface area (Å²) >= 11 is 8.58. The van der Waals surface area contributed by atoms with Crippen LogP contribution < -0.4 is 10.6 Å². The molecule has 0 aliphatic carbocycles. The lowest BCUT2D eigenvalue weighted by Crippen LogP contribution is -2.18. The van der Waals surface area contributed by atoms with Crippen molar-refractivity contribution < 1.29 is 0 Å². The summed E-state index contributed by atoms with van der Waals surface area (Å²) in [5.41, 5.74) is 10.1. The van der Waals surface area contributed by atoms with Crippen LogP contribution in [0.15, 0.2) is 46.9 Å². The summed E-state index contributed by atoms with van der Waals surface area (Å²) in [6, 6.07) is 14.4. The van der Waals surface area contributed by atoms with Gasteiger partial charge in [0, 0.05) is 28.0 Å². The van der Waals surface area contributed by atoms with E-state index in [0.717, 1.165) is 22.3 Å². The standard InChI is InChI=1S/C16H17BrN2S/c1-3-19(15-7-5-4-6-11(15)2)12-8-9-13(16(18)20)14(17)10-12/h4-10H,3H2,1-2H3,(H2,18,20). The van der Waals surface area contributed by atoms with Gasteiger partial charge in [0.2, 0.25) is 0 Å². The van der Waals surface area contributed by atoms with Crippen molar-refractivity contribution in [3.63, 3.8) is 0 Å². The van der Waals surface area contributed by atoms with Gasteiger partial charge in [-0.25, -0.2) is 0 Å². The fourth-order valence-electron chi connectivity index (χ4n) is 2.23. The Labute approximate surface area is 133 Å². The Bertz CT molecular complexity index is 640. The van der Waals surface area contributed by atoms with E-state index < -0.39 is 0 Å². The minimum Gasteiger partial charge on any atom is -0.389 e. The van der Waals surface area contributed by atoms with Crippen LogP contribution in [0.1, 0.15) is 18.1 Å². The maximum absolute atomic E-state index is 5.70. The topological polar surface area (TPSA) is 29.3 Å². The zero-order chi connectivity index (χ0) is 14.7. The van der Waals surface area contributed by atoms with Gasteiger partial charge in [0.15, 0.2) is 0 Å². The molecule has 2 rings (SSSR count). The van der Waals surface area contributed by atoms with Crippen molar-refractivity contribution in [3.05, 3.63) is 58.1 Å². The van der Waals surface area contributed by atoms with Gasteiger partial charge in [-0.05, 0) is 59.6 Å². The fraction of sp³-hybridized carbons (Fsp3) is 0.188. The molecular formula is C16H17BrN2S. The highest BCUT2D eigenvalue weighted by molar-refractivity contribution is 9.10. The maximum Gasteiger partial charge on any atom is 0.105 e. The van der Waals surface area contributed by atoms with E-state index in [2.05, 4.69) is 71.1 Å². The molecule has 0 saturated heterocycles. The lowest BCUT2D eigenvalue weighted by atomic mass is 10.1. The molecule has 0 amide bonds. The molecule has 2 nitrogen and oxygen atoms in total. The van der Waals surface area contributed by atoms with Crippen molar-refractivity contribution in [1.29, 1.82) is 0 Å². The Morgan fingerprint density at radius 2 is 1.95 bits per heavy atom. The highest BCUT2D eigenvalue weighted by atomic mass is 79.9. The van der Waals surface area contributed by atoms with E-state index in [1.807, 2.05) is 6.07 Å². The molecule has 0 saturated carbocycles. The van der Waals surface area contributed by atoms with Gasteiger partial charge in [0.1, 0.15) is 4.99 Å². The summed E-state index contributed by atoms with van der Waals surface area (Å²) in [5.74, 6) is 0. The number of benzene rings is 2. The second-order valence-electron chi connectivity index (χ2n) is 4.56. The second-order valence-corrected chi connectivity index (χ2v) is 5.85.